The van der Waals surface area contributed by atoms with Gasteiger partial charge in [-0.15, -0.1) is 0 Å². The zero-order valence-electron chi connectivity index (χ0n) is 31.1. The Bertz CT molecular complexity index is 3450. The summed E-state index contributed by atoms with van der Waals surface area (Å²) in [5, 5.41) is 6.22. The van der Waals surface area contributed by atoms with Crippen LogP contribution in [0, 0.1) is 0 Å². The number of oxazole rings is 1. The van der Waals surface area contributed by atoms with Gasteiger partial charge in [0.05, 0.1) is 5.39 Å². The van der Waals surface area contributed by atoms with Gasteiger partial charge in [-0.05, 0) is 86.3 Å². The Balaban J connectivity index is 1.11. The highest BCUT2D eigenvalue weighted by Gasteiger charge is 2.38. The first kappa shape index (κ1) is 31.9. The van der Waals surface area contributed by atoms with Crippen LogP contribution in [0.25, 0.3) is 111 Å². The molecule has 0 unspecified atom stereocenters. The maximum Gasteiger partial charge on any atom is 0.227 e. The van der Waals surface area contributed by atoms with Crippen molar-refractivity contribution >= 4 is 54.6 Å². The van der Waals surface area contributed by atoms with Crippen LogP contribution in [0.4, 0.5) is 0 Å². The van der Waals surface area contributed by atoms with Crippen molar-refractivity contribution in [3.8, 4) is 56.7 Å². The summed E-state index contributed by atoms with van der Waals surface area (Å²) in [5.41, 5.74) is 11.5. The predicted molar refractivity (Wildman–Crippen MR) is 229 cm³/mol. The van der Waals surface area contributed by atoms with Crippen LogP contribution < -0.4 is 0 Å². The molecule has 6 heteroatoms. The number of hydrogen-bond donors (Lipinski definition) is 0. The van der Waals surface area contributed by atoms with Crippen LogP contribution in [-0.4, -0.2) is 19.9 Å². The Morgan fingerprint density at radius 3 is 1.98 bits per heavy atom. The molecule has 0 amide bonds. The lowest BCUT2D eigenvalue weighted by atomic mass is 9.80. The van der Waals surface area contributed by atoms with Gasteiger partial charge in [-0.3, -0.25) is 0 Å². The smallest absolute Gasteiger partial charge is 0.227 e. The Morgan fingerprint density at radius 1 is 0.421 bits per heavy atom. The maximum atomic E-state index is 6.48. The van der Waals surface area contributed by atoms with Gasteiger partial charge in [0.25, 0.3) is 0 Å². The van der Waals surface area contributed by atoms with Crippen molar-refractivity contribution in [1.29, 1.82) is 0 Å². The van der Waals surface area contributed by atoms with E-state index in [9.17, 15) is 0 Å². The highest BCUT2D eigenvalue weighted by Crippen LogP contribution is 2.52. The van der Waals surface area contributed by atoms with Crippen molar-refractivity contribution in [2.75, 3.05) is 0 Å². The standard InChI is InChI=1S/C51H32N4O2/c1-51(2)39-21-9-8-16-34(39)36-18-11-20-38(45(36)51)49-54-47(32-23-22-29-12-6-7-15-31(29)28-32)53-48(55-49)37-19-10-17-35-33(37)24-25-40-43(35)44-41(56-40)26-27-42-46(44)52-50(57-42)30-13-4-3-5-14-30/h3-28H,1-2H3. The number of hydrogen-bond acceptors (Lipinski definition) is 6. The third-order valence-corrected chi connectivity index (χ3v) is 11.7. The lowest BCUT2D eigenvalue weighted by molar-refractivity contribution is 0.619. The molecule has 1 aliphatic carbocycles. The number of fused-ring (bicyclic) bond motifs is 11. The molecule has 0 aliphatic heterocycles. The van der Waals surface area contributed by atoms with Crippen LogP contribution >= 0.6 is 0 Å². The lowest BCUT2D eigenvalue weighted by Crippen LogP contribution is -2.17. The molecule has 8 aromatic carbocycles. The van der Waals surface area contributed by atoms with E-state index in [4.69, 9.17) is 28.8 Å². The number of furan rings is 1. The first-order valence-corrected chi connectivity index (χ1v) is 19.2. The highest BCUT2D eigenvalue weighted by atomic mass is 16.4. The summed E-state index contributed by atoms with van der Waals surface area (Å²) in [5.74, 6) is 2.44. The van der Waals surface area contributed by atoms with Crippen molar-refractivity contribution in [3.05, 3.63) is 169 Å². The molecule has 11 aromatic rings. The third-order valence-electron chi connectivity index (χ3n) is 11.7. The molecule has 3 aromatic heterocycles. The molecule has 3 heterocycles. The molecule has 0 saturated heterocycles. The van der Waals surface area contributed by atoms with Crippen LogP contribution in [0.5, 0.6) is 0 Å². The van der Waals surface area contributed by atoms with E-state index in [1.165, 1.54) is 27.6 Å². The molecule has 0 N–H and O–H groups in total. The number of aromatic nitrogens is 4. The van der Waals surface area contributed by atoms with Crippen molar-refractivity contribution in [2.24, 2.45) is 0 Å². The first-order chi connectivity index (χ1) is 28.0. The van der Waals surface area contributed by atoms with Gasteiger partial charge >= 0.3 is 0 Å². The van der Waals surface area contributed by atoms with Crippen molar-refractivity contribution in [1.82, 2.24) is 19.9 Å². The van der Waals surface area contributed by atoms with Gasteiger partial charge in [-0.1, -0.05) is 129 Å². The van der Waals surface area contributed by atoms with Gasteiger partial charge in [0.15, 0.2) is 23.1 Å². The minimum Gasteiger partial charge on any atom is -0.456 e. The van der Waals surface area contributed by atoms with Crippen LogP contribution in [0.1, 0.15) is 25.0 Å². The van der Waals surface area contributed by atoms with Crippen LogP contribution in [0.2, 0.25) is 0 Å². The van der Waals surface area contributed by atoms with E-state index in [-0.39, 0.29) is 5.41 Å². The summed E-state index contributed by atoms with van der Waals surface area (Å²) in [6, 6.07) is 54.4. The average molecular weight is 733 g/mol. The fourth-order valence-electron chi connectivity index (χ4n) is 9.11. The summed E-state index contributed by atoms with van der Waals surface area (Å²) >= 11 is 0. The average Bonchev–Trinajstić information content (AvgIpc) is 3.94. The maximum absolute atomic E-state index is 6.48. The molecule has 12 rings (SSSR count). The number of benzene rings is 8. The summed E-state index contributed by atoms with van der Waals surface area (Å²) in [4.78, 5) is 20.9. The predicted octanol–water partition coefficient (Wildman–Crippen LogP) is 13.2. The van der Waals surface area contributed by atoms with Gasteiger partial charge in [-0.2, -0.15) is 0 Å². The molecule has 268 valence electrons. The first-order valence-electron chi connectivity index (χ1n) is 19.2. The Labute approximate surface area is 327 Å². The fourth-order valence-corrected chi connectivity index (χ4v) is 9.11. The van der Waals surface area contributed by atoms with Crippen molar-refractivity contribution in [3.63, 3.8) is 0 Å². The molecule has 0 fully saturated rings. The molecule has 0 radical (unpaired) electrons. The second kappa shape index (κ2) is 11.8. The highest BCUT2D eigenvalue weighted by molar-refractivity contribution is 6.26. The van der Waals surface area contributed by atoms with E-state index in [1.54, 1.807) is 0 Å². The SMILES string of the molecule is CC1(C)c2ccccc2-c2cccc(-c3nc(-c4ccc5ccccc5c4)nc(-c4cccc5c4ccc4oc6ccc7oc(-c8ccccc8)nc7c6c45)n3)c21. The van der Waals surface area contributed by atoms with E-state index < -0.39 is 0 Å². The largest absolute Gasteiger partial charge is 0.456 e. The molecule has 1 aliphatic rings. The minimum absolute atomic E-state index is 0.251. The summed E-state index contributed by atoms with van der Waals surface area (Å²) in [6.45, 7) is 4.60. The topological polar surface area (TPSA) is 77.8 Å². The van der Waals surface area contributed by atoms with Crippen LogP contribution in [0.15, 0.2) is 167 Å². The van der Waals surface area contributed by atoms with Crippen LogP contribution in [0.3, 0.4) is 0 Å². The molecule has 6 nitrogen and oxygen atoms in total. The van der Waals surface area contributed by atoms with Crippen LogP contribution in [-0.2, 0) is 5.41 Å². The molecular formula is C51H32N4O2. The van der Waals surface area contributed by atoms with Gasteiger partial charge in [0, 0.05) is 33.1 Å². The lowest BCUT2D eigenvalue weighted by Gasteiger charge is -2.24. The van der Waals surface area contributed by atoms with Crippen molar-refractivity contribution < 1.29 is 8.83 Å². The molecule has 0 spiro atoms. The second-order valence-electron chi connectivity index (χ2n) is 15.4. The van der Waals surface area contributed by atoms with Gasteiger partial charge < -0.3 is 8.83 Å². The molecule has 0 bridgehead atoms. The van der Waals surface area contributed by atoms with Crippen molar-refractivity contribution in [2.45, 2.75) is 19.3 Å². The van der Waals surface area contributed by atoms with Gasteiger partial charge in [-0.25, -0.2) is 19.9 Å². The number of rotatable bonds is 4. The molecular weight excluding hydrogens is 701 g/mol. The van der Waals surface area contributed by atoms with E-state index in [2.05, 4.69) is 123 Å². The molecule has 0 saturated carbocycles. The molecule has 57 heavy (non-hydrogen) atoms. The van der Waals surface area contributed by atoms with Gasteiger partial charge in [0.2, 0.25) is 5.89 Å². The Hall–Kier alpha value is -7.44. The summed E-state index contributed by atoms with van der Waals surface area (Å²) in [6.07, 6.45) is 0. The van der Waals surface area contributed by atoms with E-state index in [0.717, 1.165) is 65.9 Å². The summed E-state index contributed by atoms with van der Waals surface area (Å²) < 4.78 is 12.8. The number of nitrogens with zero attached hydrogens (tertiary/aromatic N) is 4. The zero-order valence-corrected chi connectivity index (χ0v) is 31.1. The monoisotopic (exact) mass is 732 g/mol. The van der Waals surface area contributed by atoms with Gasteiger partial charge in [0.1, 0.15) is 16.7 Å². The van der Waals surface area contributed by atoms with E-state index in [1.807, 2.05) is 48.5 Å². The minimum atomic E-state index is -0.251. The fraction of sp³-hybridized carbons (Fsp3) is 0.0588. The normalized spacial score (nSPS) is 13.2. The van der Waals surface area contributed by atoms with E-state index in [0.29, 0.717) is 28.9 Å². The third kappa shape index (κ3) is 4.71. The zero-order chi connectivity index (χ0) is 37.8. The quantitative estimate of drug-likeness (QED) is 0.179. The van der Waals surface area contributed by atoms with E-state index >= 15 is 0 Å². The second-order valence-corrected chi connectivity index (χ2v) is 15.4. The molecule has 0 atom stereocenters. The summed E-state index contributed by atoms with van der Waals surface area (Å²) in [7, 11) is 0. The Kier molecular flexibility index (Phi) is 6.59. The Morgan fingerprint density at radius 2 is 1.09 bits per heavy atom.